The molecular formula is C25H22FN5O3S. The van der Waals surface area contributed by atoms with Gasteiger partial charge in [0.1, 0.15) is 5.82 Å². The number of para-hydroxylation sites is 1. The van der Waals surface area contributed by atoms with E-state index < -0.39 is 17.0 Å². The third kappa shape index (κ3) is 4.14. The summed E-state index contributed by atoms with van der Waals surface area (Å²) >= 11 is 1.23. The maximum absolute atomic E-state index is 13.5. The standard InChI is InChI=1S/C25H22FN5O3S/c1-2-14-30-22(33)18-7-3-4-8-19(18)31-24(30)27-28-25(31)35-20-9-5-6-15-29(23(20)34)21(32)16-10-12-17(26)13-11-16/h2-4,7-8,10-13,20H,1,5-6,9,14-15H2. The van der Waals surface area contributed by atoms with Crippen LogP contribution in [0.25, 0.3) is 16.7 Å². The third-order valence-corrected chi connectivity index (χ3v) is 7.21. The van der Waals surface area contributed by atoms with Gasteiger partial charge in [-0.25, -0.2) is 4.39 Å². The second kappa shape index (κ2) is 9.46. The van der Waals surface area contributed by atoms with E-state index in [2.05, 4.69) is 16.8 Å². The van der Waals surface area contributed by atoms with Crippen molar-refractivity contribution in [2.45, 2.75) is 36.2 Å². The molecule has 0 bridgehead atoms. The lowest BCUT2D eigenvalue weighted by molar-refractivity contribution is -0.127. The molecule has 178 valence electrons. The van der Waals surface area contributed by atoms with Crippen LogP contribution in [0.3, 0.4) is 0 Å². The third-order valence-electron chi connectivity index (χ3n) is 6.01. The van der Waals surface area contributed by atoms with Gasteiger partial charge in [-0.1, -0.05) is 36.4 Å². The maximum atomic E-state index is 13.5. The monoisotopic (exact) mass is 491 g/mol. The highest BCUT2D eigenvalue weighted by Gasteiger charge is 2.33. The van der Waals surface area contributed by atoms with Gasteiger partial charge in [-0.05, 0) is 49.2 Å². The first kappa shape index (κ1) is 23.0. The van der Waals surface area contributed by atoms with Crippen molar-refractivity contribution in [2.24, 2.45) is 0 Å². The number of hydrogen-bond acceptors (Lipinski definition) is 6. The van der Waals surface area contributed by atoms with Gasteiger partial charge >= 0.3 is 0 Å². The molecule has 10 heteroatoms. The molecule has 1 unspecified atom stereocenters. The fourth-order valence-electron chi connectivity index (χ4n) is 4.30. The van der Waals surface area contributed by atoms with Gasteiger partial charge in [-0.15, -0.1) is 16.8 Å². The van der Waals surface area contributed by atoms with E-state index in [4.69, 9.17) is 0 Å². The molecule has 0 radical (unpaired) electrons. The van der Waals surface area contributed by atoms with E-state index in [0.717, 1.165) is 6.42 Å². The topological polar surface area (TPSA) is 89.6 Å². The molecule has 0 N–H and O–H groups in total. The summed E-state index contributed by atoms with van der Waals surface area (Å²) in [6, 6.07) is 12.4. The van der Waals surface area contributed by atoms with Gasteiger partial charge < -0.3 is 0 Å². The Kier molecular flexibility index (Phi) is 6.21. The predicted molar refractivity (Wildman–Crippen MR) is 131 cm³/mol. The summed E-state index contributed by atoms with van der Waals surface area (Å²) in [5.41, 5.74) is 0.706. The molecule has 1 atom stereocenters. The molecule has 8 nitrogen and oxygen atoms in total. The van der Waals surface area contributed by atoms with Crippen molar-refractivity contribution in [3.05, 3.63) is 82.9 Å². The number of likely N-dealkylation sites (tertiary alicyclic amines) is 1. The van der Waals surface area contributed by atoms with E-state index in [1.54, 1.807) is 22.6 Å². The minimum atomic E-state index is -0.562. The second-order valence-electron chi connectivity index (χ2n) is 8.24. The van der Waals surface area contributed by atoms with E-state index in [0.29, 0.717) is 41.2 Å². The molecule has 0 saturated carbocycles. The van der Waals surface area contributed by atoms with Crippen LogP contribution >= 0.6 is 11.8 Å². The van der Waals surface area contributed by atoms with Gasteiger partial charge in [0.2, 0.25) is 11.7 Å². The van der Waals surface area contributed by atoms with Crippen molar-refractivity contribution in [3.63, 3.8) is 0 Å². The van der Waals surface area contributed by atoms with Crippen LogP contribution in [0.1, 0.15) is 29.6 Å². The smallest absolute Gasteiger partial charge is 0.263 e. The highest BCUT2D eigenvalue weighted by Crippen LogP contribution is 2.31. The zero-order valence-corrected chi connectivity index (χ0v) is 19.6. The number of carbonyl (C=O) groups excluding carboxylic acids is 2. The Hall–Kier alpha value is -3.79. The lowest BCUT2D eigenvalue weighted by Gasteiger charge is -2.22. The zero-order valence-electron chi connectivity index (χ0n) is 18.8. The number of carbonyl (C=O) groups is 2. The molecule has 0 spiro atoms. The van der Waals surface area contributed by atoms with Crippen LogP contribution < -0.4 is 5.56 Å². The Bertz CT molecular complexity index is 1510. The fraction of sp³-hybridized carbons (Fsp3) is 0.240. The first-order valence-electron chi connectivity index (χ1n) is 11.2. The Balaban J connectivity index is 1.53. The zero-order chi connectivity index (χ0) is 24.5. The van der Waals surface area contributed by atoms with Crippen molar-refractivity contribution >= 4 is 40.3 Å². The first-order valence-corrected chi connectivity index (χ1v) is 12.1. The van der Waals surface area contributed by atoms with Gasteiger partial charge in [0.15, 0.2) is 5.16 Å². The number of fused-ring (bicyclic) bond motifs is 3. The van der Waals surface area contributed by atoms with Gasteiger partial charge in [-0.3, -0.25) is 28.3 Å². The minimum Gasteiger partial charge on any atom is -0.278 e. The molecule has 2 aromatic carbocycles. The molecular weight excluding hydrogens is 469 g/mol. The number of hydrogen-bond donors (Lipinski definition) is 0. The number of amides is 2. The van der Waals surface area contributed by atoms with E-state index in [1.165, 1.54) is 45.5 Å². The van der Waals surface area contributed by atoms with E-state index >= 15 is 0 Å². The van der Waals surface area contributed by atoms with Crippen molar-refractivity contribution in [2.75, 3.05) is 6.54 Å². The van der Waals surface area contributed by atoms with Gasteiger partial charge in [-0.2, -0.15) is 0 Å². The van der Waals surface area contributed by atoms with Crippen LogP contribution in [0.2, 0.25) is 0 Å². The SMILES string of the molecule is C=CCn1c(=O)c2ccccc2n2c(SC3CCCCN(C(=O)c4ccc(F)cc4)C3=O)nnc12. The van der Waals surface area contributed by atoms with E-state index in [9.17, 15) is 18.8 Å². The molecule has 4 aromatic rings. The number of halogens is 1. The maximum Gasteiger partial charge on any atom is 0.263 e. The number of benzene rings is 2. The van der Waals surface area contributed by atoms with Gasteiger partial charge in [0, 0.05) is 18.7 Å². The van der Waals surface area contributed by atoms with Gasteiger partial charge in [0.05, 0.1) is 16.2 Å². The summed E-state index contributed by atoms with van der Waals surface area (Å²) in [5, 5.41) is 8.97. The Morgan fingerprint density at radius 3 is 2.66 bits per heavy atom. The van der Waals surface area contributed by atoms with E-state index in [-0.39, 0.29) is 23.6 Å². The number of rotatable bonds is 5. The summed E-state index contributed by atoms with van der Waals surface area (Å²) in [7, 11) is 0. The second-order valence-corrected chi connectivity index (χ2v) is 9.41. The summed E-state index contributed by atoms with van der Waals surface area (Å²) in [6.07, 6.45) is 3.62. The molecule has 0 aliphatic carbocycles. The van der Waals surface area contributed by atoms with Crippen LogP contribution in [-0.2, 0) is 11.3 Å². The van der Waals surface area contributed by atoms with E-state index in [1.807, 2.05) is 12.1 Å². The lowest BCUT2D eigenvalue weighted by Crippen LogP contribution is -2.41. The van der Waals surface area contributed by atoms with Crippen molar-refractivity contribution < 1.29 is 14.0 Å². The van der Waals surface area contributed by atoms with Crippen molar-refractivity contribution in [3.8, 4) is 0 Å². The largest absolute Gasteiger partial charge is 0.278 e. The molecule has 35 heavy (non-hydrogen) atoms. The highest BCUT2D eigenvalue weighted by atomic mass is 32.2. The van der Waals surface area contributed by atoms with Crippen LogP contribution in [0.5, 0.6) is 0 Å². The number of allylic oxidation sites excluding steroid dienone is 1. The van der Waals surface area contributed by atoms with Crippen LogP contribution in [-0.4, -0.2) is 47.7 Å². The average molecular weight is 492 g/mol. The Morgan fingerprint density at radius 1 is 1.11 bits per heavy atom. The molecule has 5 rings (SSSR count). The predicted octanol–water partition coefficient (Wildman–Crippen LogP) is 3.68. The van der Waals surface area contributed by atoms with Gasteiger partial charge in [0.25, 0.3) is 11.5 Å². The number of nitrogens with zero attached hydrogens (tertiary/aromatic N) is 5. The quantitative estimate of drug-likeness (QED) is 0.313. The highest BCUT2D eigenvalue weighted by molar-refractivity contribution is 8.00. The number of thioether (sulfide) groups is 1. The first-order chi connectivity index (χ1) is 17.0. The Labute approximate surface area is 204 Å². The Morgan fingerprint density at radius 2 is 1.89 bits per heavy atom. The molecule has 2 amide bonds. The van der Waals surface area contributed by atoms with Crippen LogP contribution in [0, 0.1) is 5.82 Å². The molecule has 3 heterocycles. The molecule has 1 fully saturated rings. The molecule has 1 aliphatic heterocycles. The molecule has 1 saturated heterocycles. The summed E-state index contributed by atoms with van der Waals surface area (Å²) < 4.78 is 16.6. The van der Waals surface area contributed by atoms with Crippen molar-refractivity contribution in [1.29, 1.82) is 0 Å². The normalized spacial score (nSPS) is 16.5. The van der Waals surface area contributed by atoms with Crippen LogP contribution in [0.15, 0.2) is 71.1 Å². The average Bonchev–Trinajstić information content (AvgIpc) is 3.20. The summed E-state index contributed by atoms with van der Waals surface area (Å²) in [4.78, 5) is 40.8. The number of aromatic nitrogens is 4. The number of imide groups is 1. The summed E-state index contributed by atoms with van der Waals surface area (Å²) in [5.74, 6) is -0.851. The summed E-state index contributed by atoms with van der Waals surface area (Å²) in [6.45, 7) is 4.30. The minimum absolute atomic E-state index is 0.196. The van der Waals surface area contributed by atoms with Crippen molar-refractivity contribution in [1.82, 2.24) is 24.1 Å². The lowest BCUT2D eigenvalue weighted by atomic mass is 10.2. The molecule has 2 aromatic heterocycles. The fourth-order valence-corrected chi connectivity index (χ4v) is 5.44. The molecule has 1 aliphatic rings. The van der Waals surface area contributed by atoms with Crippen LogP contribution in [0.4, 0.5) is 4.39 Å².